The van der Waals surface area contributed by atoms with Gasteiger partial charge < -0.3 is 5.11 Å². The topological polar surface area (TPSA) is 23.5 Å². The molecule has 0 radical (unpaired) electrons. The maximum atomic E-state index is 9.93. The fourth-order valence-corrected chi connectivity index (χ4v) is 1.86. The third-order valence-electron chi connectivity index (χ3n) is 2.68. The monoisotopic (exact) mass is 201 g/mol. The fraction of sp³-hybridized carbons (Fsp3) is 1.00. The largest absolute Gasteiger partial charge is 0.389 e. The Morgan fingerprint density at radius 1 is 1.21 bits per heavy atom. The molecule has 1 rings (SSSR count). The van der Waals surface area contributed by atoms with Crippen molar-refractivity contribution in [1.82, 2.24) is 4.90 Å². The average Bonchev–Trinajstić information content (AvgIpc) is 2.30. The number of hydrogen-bond acceptors (Lipinski definition) is 2. The van der Waals surface area contributed by atoms with Gasteiger partial charge in [-0.05, 0) is 46.6 Å². The summed E-state index contributed by atoms with van der Waals surface area (Å²) < 4.78 is 0. The van der Waals surface area contributed by atoms with Crippen molar-refractivity contribution >= 4 is 0 Å². The number of rotatable bonds is 1. The van der Waals surface area contributed by atoms with Gasteiger partial charge in [0.05, 0.1) is 5.60 Å². The lowest BCUT2D eigenvalue weighted by molar-refractivity contribution is 0.0157. The molecule has 1 atom stereocenters. The summed E-state index contributed by atoms with van der Waals surface area (Å²) in [6.45, 7) is 12.3. The Kier molecular flexibility index (Phi) is 6.38. The van der Waals surface area contributed by atoms with Crippen LogP contribution in [0.1, 0.15) is 53.9 Å². The van der Waals surface area contributed by atoms with Crippen molar-refractivity contribution in [3.8, 4) is 0 Å². The van der Waals surface area contributed by atoms with Crippen molar-refractivity contribution in [2.75, 3.05) is 13.1 Å². The number of hydrogen-bond donors (Lipinski definition) is 1. The Morgan fingerprint density at radius 2 is 1.79 bits per heavy atom. The molecule has 0 saturated carbocycles. The highest BCUT2D eigenvalue weighted by Crippen LogP contribution is 2.21. The molecule has 0 aromatic heterocycles. The molecule has 0 amide bonds. The van der Waals surface area contributed by atoms with Crippen LogP contribution >= 0.6 is 0 Å². The second-order valence-corrected chi connectivity index (χ2v) is 4.52. The van der Waals surface area contributed by atoms with Gasteiger partial charge in [-0.15, -0.1) is 0 Å². The molecule has 0 aliphatic carbocycles. The van der Waals surface area contributed by atoms with Crippen LogP contribution in [0.15, 0.2) is 0 Å². The first kappa shape index (κ1) is 13.9. The molecule has 2 nitrogen and oxygen atoms in total. The molecule has 14 heavy (non-hydrogen) atoms. The highest BCUT2D eigenvalue weighted by atomic mass is 16.3. The summed E-state index contributed by atoms with van der Waals surface area (Å²) in [4.78, 5) is 2.37. The third kappa shape index (κ3) is 4.97. The summed E-state index contributed by atoms with van der Waals surface area (Å²) in [5, 5.41) is 9.93. The first-order valence-corrected chi connectivity index (χ1v) is 5.98. The molecule has 0 bridgehead atoms. The van der Waals surface area contributed by atoms with E-state index in [4.69, 9.17) is 0 Å². The van der Waals surface area contributed by atoms with Crippen LogP contribution in [0.5, 0.6) is 0 Å². The van der Waals surface area contributed by atoms with Crippen LogP contribution in [-0.2, 0) is 0 Å². The molecule has 1 N–H and O–H groups in total. The predicted octanol–water partition coefficient (Wildman–Crippen LogP) is 2.66. The highest BCUT2D eigenvalue weighted by Gasteiger charge is 2.27. The third-order valence-corrected chi connectivity index (χ3v) is 2.68. The molecule has 1 aliphatic heterocycles. The summed E-state index contributed by atoms with van der Waals surface area (Å²) >= 11 is 0. The predicted molar refractivity (Wildman–Crippen MR) is 62.5 cm³/mol. The van der Waals surface area contributed by atoms with Crippen molar-refractivity contribution in [2.24, 2.45) is 0 Å². The van der Waals surface area contributed by atoms with Crippen LogP contribution in [0, 0.1) is 0 Å². The van der Waals surface area contributed by atoms with E-state index in [-0.39, 0.29) is 0 Å². The molecule has 1 unspecified atom stereocenters. The van der Waals surface area contributed by atoms with Crippen molar-refractivity contribution in [3.63, 3.8) is 0 Å². The molecule has 86 valence electrons. The zero-order valence-electron chi connectivity index (χ0n) is 10.5. The quantitative estimate of drug-likeness (QED) is 0.705. The van der Waals surface area contributed by atoms with Gasteiger partial charge in [0.1, 0.15) is 0 Å². The second kappa shape index (κ2) is 6.41. The second-order valence-electron chi connectivity index (χ2n) is 4.52. The normalized spacial score (nSPS) is 29.4. The summed E-state index contributed by atoms with van der Waals surface area (Å²) in [5.74, 6) is 0. The molecular weight excluding hydrogens is 174 g/mol. The molecular formula is C12H27NO. The van der Waals surface area contributed by atoms with Gasteiger partial charge in [0.15, 0.2) is 0 Å². The molecule has 0 spiro atoms. The van der Waals surface area contributed by atoms with E-state index >= 15 is 0 Å². The molecule has 0 aromatic carbocycles. The fourth-order valence-electron chi connectivity index (χ4n) is 1.86. The van der Waals surface area contributed by atoms with E-state index < -0.39 is 5.60 Å². The Bertz CT molecular complexity index is 143. The summed E-state index contributed by atoms with van der Waals surface area (Å²) in [6, 6.07) is 0.564. The highest BCUT2D eigenvalue weighted by molar-refractivity contribution is 4.82. The van der Waals surface area contributed by atoms with Gasteiger partial charge in [-0.2, -0.15) is 0 Å². The molecule has 1 heterocycles. The average molecular weight is 201 g/mol. The van der Waals surface area contributed by atoms with E-state index in [1.54, 1.807) is 0 Å². The SMILES string of the molecule is CC.CC(C)N1CCCCC(C)(O)C1. The minimum absolute atomic E-state index is 0.458. The van der Waals surface area contributed by atoms with Crippen LogP contribution in [0.2, 0.25) is 0 Å². The lowest BCUT2D eigenvalue weighted by Crippen LogP contribution is -2.42. The van der Waals surface area contributed by atoms with Crippen molar-refractivity contribution < 1.29 is 5.11 Å². The minimum Gasteiger partial charge on any atom is -0.389 e. The lowest BCUT2D eigenvalue weighted by atomic mass is 10.0. The van der Waals surface area contributed by atoms with Crippen LogP contribution in [-0.4, -0.2) is 34.7 Å². The van der Waals surface area contributed by atoms with Crippen LogP contribution < -0.4 is 0 Å². The molecule has 1 saturated heterocycles. The van der Waals surface area contributed by atoms with Crippen LogP contribution in [0.3, 0.4) is 0 Å². The van der Waals surface area contributed by atoms with Gasteiger partial charge >= 0.3 is 0 Å². The maximum Gasteiger partial charge on any atom is 0.0746 e. The standard InChI is InChI=1S/C10H21NO.C2H6/c1-9(2)11-7-5-4-6-10(3,12)8-11;1-2/h9,12H,4-8H2,1-3H3;1-2H3. The number of β-amino-alcohol motifs (C(OH)–C–C–N with tert-alkyl or cyclic N) is 1. The summed E-state index contributed by atoms with van der Waals surface area (Å²) in [7, 11) is 0. The van der Waals surface area contributed by atoms with Crippen molar-refractivity contribution in [1.29, 1.82) is 0 Å². The van der Waals surface area contributed by atoms with Gasteiger partial charge in [0, 0.05) is 12.6 Å². The van der Waals surface area contributed by atoms with Crippen molar-refractivity contribution in [2.45, 2.75) is 65.5 Å². The van der Waals surface area contributed by atoms with Crippen molar-refractivity contribution in [3.05, 3.63) is 0 Å². The molecule has 2 heteroatoms. The summed E-state index contributed by atoms with van der Waals surface area (Å²) in [6.07, 6.45) is 3.35. The van der Waals surface area contributed by atoms with E-state index in [1.165, 1.54) is 6.42 Å². The minimum atomic E-state index is -0.458. The van der Waals surface area contributed by atoms with Gasteiger partial charge in [-0.25, -0.2) is 0 Å². The van der Waals surface area contributed by atoms with Crippen LogP contribution in [0.4, 0.5) is 0 Å². The Labute approximate surface area is 89.3 Å². The maximum absolute atomic E-state index is 9.93. The summed E-state index contributed by atoms with van der Waals surface area (Å²) in [5.41, 5.74) is -0.458. The first-order chi connectivity index (χ1) is 6.51. The molecule has 0 aromatic rings. The zero-order valence-corrected chi connectivity index (χ0v) is 10.5. The zero-order chi connectivity index (χ0) is 11.2. The number of likely N-dealkylation sites (tertiary alicyclic amines) is 1. The number of nitrogens with zero attached hydrogens (tertiary/aromatic N) is 1. The van der Waals surface area contributed by atoms with Gasteiger partial charge in [0.2, 0.25) is 0 Å². The molecule has 1 fully saturated rings. The van der Waals surface area contributed by atoms with E-state index in [1.807, 2.05) is 20.8 Å². The van der Waals surface area contributed by atoms with Crippen LogP contribution in [0.25, 0.3) is 0 Å². The lowest BCUT2D eigenvalue weighted by Gasteiger charge is -2.31. The Hall–Kier alpha value is -0.0800. The van der Waals surface area contributed by atoms with E-state index in [0.717, 1.165) is 25.9 Å². The number of aliphatic hydroxyl groups is 1. The van der Waals surface area contributed by atoms with Gasteiger partial charge in [-0.3, -0.25) is 4.90 Å². The van der Waals surface area contributed by atoms with Gasteiger partial charge in [-0.1, -0.05) is 13.8 Å². The van der Waals surface area contributed by atoms with E-state index in [0.29, 0.717) is 6.04 Å². The Balaban J connectivity index is 0.000000791. The first-order valence-electron chi connectivity index (χ1n) is 5.98. The smallest absolute Gasteiger partial charge is 0.0746 e. The van der Waals surface area contributed by atoms with E-state index in [2.05, 4.69) is 18.7 Å². The molecule has 1 aliphatic rings. The Morgan fingerprint density at radius 3 is 2.29 bits per heavy atom. The van der Waals surface area contributed by atoms with E-state index in [9.17, 15) is 5.11 Å². The van der Waals surface area contributed by atoms with Gasteiger partial charge in [0.25, 0.3) is 0 Å².